The standard InChI is InChI=1S/C25H34N2O2S2/c1-22(2,3)26-20(28)18-12-16-14-10-9-11-15(14)17-13-19(21(29)27-23(4,5)6)31-25(17,8)24(16,7)30-18/h12-13H,9-11H2,1-8H3,(H,26,28)(H,27,29)/t24-,25-/m1/s1. The van der Waals surface area contributed by atoms with E-state index in [0.717, 1.165) is 29.1 Å². The third-order valence-electron chi connectivity index (χ3n) is 6.41. The molecule has 4 nitrogen and oxygen atoms in total. The van der Waals surface area contributed by atoms with Crippen molar-refractivity contribution < 1.29 is 9.59 Å². The molecule has 0 unspecified atom stereocenters. The number of hydrogen-bond acceptors (Lipinski definition) is 4. The molecule has 0 bridgehead atoms. The van der Waals surface area contributed by atoms with Gasteiger partial charge in [0.25, 0.3) is 11.8 Å². The summed E-state index contributed by atoms with van der Waals surface area (Å²) < 4.78 is -0.581. The van der Waals surface area contributed by atoms with E-state index in [1.807, 2.05) is 41.5 Å². The topological polar surface area (TPSA) is 58.2 Å². The Morgan fingerprint density at radius 3 is 1.45 bits per heavy atom. The molecule has 1 saturated carbocycles. The summed E-state index contributed by atoms with van der Waals surface area (Å²) in [6.07, 6.45) is 7.48. The van der Waals surface area contributed by atoms with Crippen molar-refractivity contribution in [1.29, 1.82) is 0 Å². The van der Waals surface area contributed by atoms with Gasteiger partial charge in [0.2, 0.25) is 0 Å². The van der Waals surface area contributed by atoms with Crippen LogP contribution in [0, 0.1) is 0 Å². The molecule has 6 heteroatoms. The lowest BCUT2D eigenvalue weighted by Gasteiger charge is -2.47. The Morgan fingerprint density at radius 1 is 0.774 bits per heavy atom. The number of carbonyl (C=O) groups is 2. The van der Waals surface area contributed by atoms with Gasteiger partial charge in [-0.3, -0.25) is 9.59 Å². The van der Waals surface area contributed by atoms with Crippen LogP contribution in [0.5, 0.6) is 0 Å². The molecule has 2 heterocycles. The Balaban J connectivity index is 1.75. The Kier molecular flexibility index (Phi) is 5.18. The highest BCUT2D eigenvalue weighted by atomic mass is 32.2. The molecule has 2 aliphatic heterocycles. The molecule has 0 aromatic rings. The van der Waals surface area contributed by atoms with Gasteiger partial charge in [-0.25, -0.2) is 0 Å². The minimum Gasteiger partial charge on any atom is -0.347 e. The number of rotatable bonds is 2. The van der Waals surface area contributed by atoms with Crippen molar-refractivity contribution >= 4 is 35.3 Å². The first-order valence-electron chi connectivity index (χ1n) is 11.1. The number of nitrogens with one attached hydrogen (secondary N) is 2. The quantitative estimate of drug-likeness (QED) is 0.583. The summed E-state index contributed by atoms with van der Waals surface area (Å²) in [4.78, 5) is 27.6. The van der Waals surface area contributed by atoms with Gasteiger partial charge in [0.05, 0.1) is 19.3 Å². The molecule has 2 aliphatic carbocycles. The Labute approximate surface area is 194 Å². The van der Waals surface area contributed by atoms with Crippen molar-refractivity contribution in [2.75, 3.05) is 0 Å². The second-order valence-corrected chi connectivity index (χ2v) is 14.3. The van der Waals surface area contributed by atoms with Crippen LogP contribution in [0.4, 0.5) is 0 Å². The normalized spacial score (nSPS) is 29.9. The van der Waals surface area contributed by atoms with Gasteiger partial charge in [0, 0.05) is 11.1 Å². The fourth-order valence-corrected chi connectivity index (χ4v) is 7.94. The van der Waals surface area contributed by atoms with Crippen molar-refractivity contribution in [3.8, 4) is 0 Å². The lowest BCUT2D eigenvalue weighted by molar-refractivity contribution is -0.119. The molecular weight excluding hydrogens is 424 g/mol. The molecule has 0 aromatic carbocycles. The molecule has 1 fully saturated rings. The van der Waals surface area contributed by atoms with Crippen molar-refractivity contribution in [1.82, 2.24) is 10.6 Å². The summed E-state index contributed by atoms with van der Waals surface area (Å²) >= 11 is 3.34. The third-order valence-corrected chi connectivity index (χ3v) is 9.66. The first-order valence-corrected chi connectivity index (χ1v) is 12.7. The summed E-state index contributed by atoms with van der Waals surface area (Å²) in [5.41, 5.74) is 4.81. The average molecular weight is 459 g/mol. The van der Waals surface area contributed by atoms with Crippen LogP contribution < -0.4 is 10.6 Å². The first kappa shape index (κ1) is 22.8. The molecule has 31 heavy (non-hydrogen) atoms. The van der Waals surface area contributed by atoms with E-state index in [2.05, 4.69) is 36.6 Å². The van der Waals surface area contributed by atoms with Crippen molar-refractivity contribution in [3.05, 3.63) is 44.3 Å². The number of carbonyl (C=O) groups excluding carboxylic acids is 2. The monoisotopic (exact) mass is 458 g/mol. The van der Waals surface area contributed by atoms with E-state index in [9.17, 15) is 9.59 Å². The van der Waals surface area contributed by atoms with Crippen LogP contribution >= 0.6 is 23.5 Å². The maximum absolute atomic E-state index is 13.0. The smallest absolute Gasteiger partial charge is 0.258 e. The molecular formula is C25H34N2O2S2. The van der Waals surface area contributed by atoms with E-state index in [0.29, 0.717) is 0 Å². The van der Waals surface area contributed by atoms with Crippen LogP contribution in [0.1, 0.15) is 74.7 Å². The maximum atomic E-state index is 13.0. The number of amides is 2. The molecule has 2 atom stereocenters. The van der Waals surface area contributed by atoms with Crippen molar-refractivity contribution in [3.63, 3.8) is 0 Å². The maximum Gasteiger partial charge on any atom is 0.258 e. The van der Waals surface area contributed by atoms with Crippen LogP contribution in [-0.2, 0) is 9.59 Å². The van der Waals surface area contributed by atoms with Gasteiger partial charge in [-0.05, 0) is 109 Å². The molecule has 0 aromatic heterocycles. The van der Waals surface area contributed by atoms with E-state index >= 15 is 0 Å². The van der Waals surface area contributed by atoms with Gasteiger partial charge in [-0.2, -0.15) is 0 Å². The summed E-state index contributed by atoms with van der Waals surface area (Å²) in [6, 6.07) is 0. The Hall–Kier alpha value is -1.40. The summed E-state index contributed by atoms with van der Waals surface area (Å²) in [7, 11) is 0. The second-order valence-electron chi connectivity index (χ2n) is 11.3. The molecule has 4 rings (SSSR count). The highest BCUT2D eigenvalue weighted by molar-refractivity contribution is 8.10. The highest BCUT2D eigenvalue weighted by Crippen LogP contribution is 2.68. The number of thioether (sulfide) groups is 2. The Morgan fingerprint density at radius 2 is 1.13 bits per heavy atom. The number of hydrogen-bond donors (Lipinski definition) is 2. The Bertz CT molecular complexity index is 924. The van der Waals surface area contributed by atoms with Gasteiger partial charge >= 0.3 is 0 Å². The minimum absolute atomic E-state index is 0.00687. The van der Waals surface area contributed by atoms with Gasteiger partial charge < -0.3 is 10.6 Å². The fraction of sp³-hybridized carbons (Fsp3) is 0.600. The molecule has 2 amide bonds. The molecule has 2 N–H and O–H groups in total. The predicted octanol–water partition coefficient (Wildman–Crippen LogP) is 5.39. The average Bonchev–Trinajstić information content (AvgIpc) is 3.27. The predicted molar refractivity (Wildman–Crippen MR) is 132 cm³/mol. The molecule has 0 spiro atoms. The fourth-order valence-electron chi connectivity index (χ4n) is 4.97. The lowest BCUT2D eigenvalue weighted by Crippen LogP contribution is -2.48. The molecule has 0 saturated heterocycles. The van der Waals surface area contributed by atoms with Gasteiger partial charge in [-0.15, -0.1) is 23.5 Å². The van der Waals surface area contributed by atoms with Gasteiger partial charge in [0.1, 0.15) is 0 Å². The van der Waals surface area contributed by atoms with E-state index < -0.39 is 0 Å². The summed E-state index contributed by atoms with van der Waals surface area (Å²) in [5, 5.41) is 6.25. The van der Waals surface area contributed by atoms with Crippen molar-refractivity contribution in [2.45, 2.75) is 95.2 Å². The minimum atomic E-state index is -0.291. The molecule has 0 radical (unpaired) electrons. The van der Waals surface area contributed by atoms with Crippen LogP contribution in [-0.4, -0.2) is 32.4 Å². The van der Waals surface area contributed by atoms with Gasteiger partial charge in [0.15, 0.2) is 0 Å². The van der Waals surface area contributed by atoms with Crippen LogP contribution in [0.25, 0.3) is 0 Å². The zero-order valence-electron chi connectivity index (χ0n) is 19.9. The highest BCUT2D eigenvalue weighted by Gasteiger charge is 2.60. The SMILES string of the molecule is CC(C)(C)NC(=O)C1=CC2=C3CCCC3=C3C=C(C(=O)NC(C)(C)C)S[C@@]3(C)[C@]2(C)S1. The summed E-state index contributed by atoms with van der Waals surface area (Å²) in [5.74, 6) is -0.0137. The zero-order valence-corrected chi connectivity index (χ0v) is 21.5. The van der Waals surface area contributed by atoms with Crippen LogP contribution in [0.3, 0.4) is 0 Å². The largest absolute Gasteiger partial charge is 0.347 e. The lowest BCUT2D eigenvalue weighted by atomic mass is 9.72. The second kappa shape index (κ2) is 7.05. The summed E-state index contributed by atoms with van der Waals surface area (Å²) in [6.45, 7) is 16.6. The van der Waals surface area contributed by atoms with Crippen LogP contribution in [0.15, 0.2) is 44.3 Å². The van der Waals surface area contributed by atoms with Gasteiger partial charge in [-0.1, -0.05) is 0 Å². The third kappa shape index (κ3) is 3.74. The number of fused-ring (bicyclic) bond motifs is 4. The van der Waals surface area contributed by atoms with E-state index in [-0.39, 0.29) is 32.4 Å². The zero-order chi connectivity index (χ0) is 23.0. The number of allylic oxidation sites excluding steroid dienone is 4. The molecule has 168 valence electrons. The van der Waals surface area contributed by atoms with E-state index in [1.54, 1.807) is 23.5 Å². The van der Waals surface area contributed by atoms with Crippen molar-refractivity contribution in [2.24, 2.45) is 0 Å². The van der Waals surface area contributed by atoms with Crippen LogP contribution in [0.2, 0.25) is 0 Å². The van der Waals surface area contributed by atoms with E-state index in [4.69, 9.17) is 0 Å². The van der Waals surface area contributed by atoms with E-state index in [1.165, 1.54) is 22.3 Å². The molecule has 4 aliphatic rings. The first-order chi connectivity index (χ1) is 14.1.